The van der Waals surface area contributed by atoms with Crippen LogP contribution in [0.1, 0.15) is 21.6 Å². The Bertz CT molecular complexity index is 972. The predicted molar refractivity (Wildman–Crippen MR) is 114 cm³/mol. The van der Waals surface area contributed by atoms with Gasteiger partial charge in [0.25, 0.3) is 5.91 Å². The van der Waals surface area contributed by atoms with Crippen molar-refractivity contribution in [2.45, 2.75) is 6.54 Å². The van der Waals surface area contributed by atoms with Crippen molar-refractivity contribution >= 4 is 40.4 Å². The summed E-state index contributed by atoms with van der Waals surface area (Å²) in [7, 11) is 3.34. The molecule has 3 aromatic rings. The highest BCUT2D eigenvalue weighted by molar-refractivity contribution is 7.07. The van der Waals surface area contributed by atoms with Crippen molar-refractivity contribution in [3.8, 4) is 5.75 Å². The van der Waals surface area contributed by atoms with Gasteiger partial charge in [0, 0.05) is 40.8 Å². The summed E-state index contributed by atoms with van der Waals surface area (Å²) in [5.74, 6) is 1.25. The highest BCUT2D eigenvalue weighted by Crippen LogP contribution is 2.22. The molecule has 0 unspecified atom stereocenters. The average Bonchev–Trinajstić information content (AvgIpc) is 3.25. The molecule has 3 rings (SSSR count). The molecule has 6 nitrogen and oxygen atoms in total. The SMILES string of the molecule is CN=C(NCc1cc(Cl)ccc1OC)c1ccc(NC(=O)c2cscn2)cc1. The molecule has 28 heavy (non-hydrogen) atoms. The lowest BCUT2D eigenvalue weighted by Crippen LogP contribution is -2.24. The van der Waals surface area contributed by atoms with E-state index in [1.165, 1.54) is 11.3 Å². The normalized spacial score (nSPS) is 11.2. The number of nitrogens with one attached hydrogen (secondary N) is 2. The molecule has 0 atom stereocenters. The minimum Gasteiger partial charge on any atom is -0.496 e. The lowest BCUT2D eigenvalue weighted by atomic mass is 10.1. The van der Waals surface area contributed by atoms with E-state index < -0.39 is 0 Å². The Morgan fingerprint density at radius 2 is 2.04 bits per heavy atom. The minimum absolute atomic E-state index is 0.232. The first-order chi connectivity index (χ1) is 13.6. The summed E-state index contributed by atoms with van der Waals surface area (Å²) < 4.78 is 5.37. The van der Waals surface area contributed by atoms with Crippen LogP contribution >= 0.6 is 22.9 Å². The van der Waals surface area contributed by atoms with E-state index in [0.29, 0.717) is 22.9 Å². The number of halogens is 1. The van der Waals surface area contributed by atoms with Crippen molar-refractivity contribution in [1.29, 1.82) is 0 Å². The Kier molecular flexibility index (Phi) is 6.62. The Labute approximate surface area is 172 Å². The Balaban J connectivity index is 1.66. The molecule has 8 heteroatoms. The zero-order valence-corrected chi connectivity index (χ0v) is 17.0. The monoisotopic (exact) mass is 414 g/mol. The van der Waals surface area contributed by atoms with Crippen LogP contribution < -0.4 is 15.4 Å². The molecular formula is C20H19ClN4O2S. The third-order valence-corrected chi connectivity index (χ3v) is 4.82. The number of nitrogens with zero attached hydrogens (tertiary/aromatic N) is 2. The number of carbonyl (C=O) groups is 1. The zero-order chi connectivity index (χ0) is 19.9. The number of rotatable bonds is 6. The highest BCUT2D eigenvalue weighted by atomic mass is 35.5. The van der Waals surface area contributed by atoms with Gasteiger partial charge in [0.2, 0.25) is 0 Å². The molecule has 0 saturated carbocycles. The van der Waals surface area contributed by atoms with Crippen molar-refractivity contribution in [2.75, 3.05) is 19.5 Å². The molecule has 1 aromatic heterocycles. The third kappa shape index (κ3) is 4.88. The standard InChI is InChI=1S/C20H19ClN4O2S/c1-22-19(23-10-14-9-15(21)5-8-18(14)27-2)13-3-6-16(7-4-13)25-20(26)17-11-28-12-24-17/h3-9,11-12H,10H2,1-2H3,(H,22,23)(H,25,26). The maximum absolute atomic E-state index is 12.1. The highest BCUT2D eigenvalue weighted by Gasteiger charge is 2.10. The summed E-state index contributed by atoms with van der Waals surface area (Å²) in [4.78, 5) is 20.4. The molecule has 0 bridgehead atoms. The number of carbonyl (C=O) groups excluding carboxylic acids is 1. The van der Waals surface area contributed by atoms with E-state index >= 15 is 0 Å². The first-order valence-electron chi connectivity index (χ1n) is 8.43. The molecule has 0 saturated heterocycles. The van der Waals surface area contributed by atoms with Crippen LogP contribution in [0.25, 0.3) is 0 Å². The molecule has 0 aliphatic rings. The van der Waals surface area contributed by atoms with Gasteiger partial charge in [0.15, 0.2) is 0 Å². The van der Waals surface area contributed by atoms with Crippen molar-refractivity contribution in [2.24, 2.45) is 4.99 Å². The molecule has 0 aliphatic heterocycles. The molecule has 1 amide bonds. The van der Waals surface area contributed by atoms with Crippen molar-refractivity contribution < 1.29 is 9.53 Å². The number of aromatic nitrogens is 1. The summed E-state index contributed by atoms with van der Waals surface area (Å²) in [6, 6.07) is 12.9. The zero-order valence-electron chi connectivity index (χ0n) is 15.4. The summed E-state index contributed by atoms with van der Waals surface area (Å²) in [5.41, 5.74) is 4.55. The van der Waals surface area contributed by atoms with E-state index in [9.17, 15) is 4.79 Å². The number of methoxy groups -OCH3 is 1. The Hall–Kier alpha value is -2.90. The summed E-state index contributed by atoms with van der Waals surface area (Å²) >= 11 is 7.47. The Morgan fingerprint density at radius 1 is 1.25 bits per heavy atom. The number of amides is 1. The van der Waals surface area contributed by atoms with E-state index in [1.807, 2.05) is 36.4 Å². The molecule has 144 valence electrons. The van der Waals surface area contributed by atoms with E-state index in [4.69, 9.17) is 16.3 Å². The summed E-state index contributed by atoms with van der Waals surface area (Å²) in [6.45, 7) is 0.513. The number of benzene rings is 2. The average molecular weight is 415 g/mol. The fourth-order valence-electron chi connectivity index (χ4n) is 2.61. The van der Waals surface area contributed by atoms with Gasteiger partial charge in [-0.15, -0.1) is 11.3 Å². The minimum atomic E-state index is -0.232. The van der Waals surface area contributed by atoms with E-state index in [1.54, 1.807) is 31.1 Å². The molecule has 2 aromatic carbocycles. The molecule has 0 spiro atoms. The Morgan fingerprint density at radius 3 is 2.68 bits per heavy atom. The number of amidine groups is 1. The largest absolute Gasteiger partial charge is 0.496 e. The molecular weight excluding hydrogens is 396 g/mol. The number of anilines is 1. The van der Waals surface area contributed by atoms with Crippen LogP contribution in [0.4, 0.5) is 5.69 Å². The van der Waals surface area contributed by atoms with Gasteiger partial charge in [-0.2, -0.15) is 0 Å². The van der Waals surface area contributed by atoms with Gasteiger partial charge in [-0.25, -0.2) is 4.98 Å². The van der Waals surface area contributed by atoms with Crippen LogP contribution in [0.15, 0.2) is 58.3 Å². The van der Waals surface area contributed by atoms with Crippen LogP contribution in [0.5, 0.6) is 5.75 Å². The molecule has 0 fully saturated rings. The quantitative estimate of drug-likeness (QED) is 0.467. The van der Waals surface area contributed by atoms with Crippen molar-refractivity contribution in [3.63, 3.8) is 0 Å². The number of hydrogen-bond donors (Lipinski definition) is 2. The first-order valence-corrected chi connectivity index (χ1v) is 9.76. The lowest BCUT2D eigenvalue weighted by Gasteiger charge is -2.13. The second-order valence-corrected chi connectivity index (χ2v) is 6.94. The van der Waals surface area contributed by atoms with Gasteiger partial charge in [-0.05, 0) is 42.5 Å². The maximum Gasteiger partial charge on any atom is 0.275 e. The molecule has 1 heterocycles. The van der Waals surface area contributed by atoms with Gasteiger partial charge in [-0.3, -0.25) is 9.79 Å². The van der Waals surface area contributed by atoms with Crippen LogP contribution in [-0.4, -0.2) is 30.9 Å². The number of thiazole rings is 1. The van der Waals surface area contributed by atoms with E-state index in [0.717, 1.165) is 22.7 Å². The third-order valence-electron chi connectivity index (χ3n) is 3.99. The van der Waals surface area contributed by atoms with Crippen molar-refractivity contribution in [1.82, 2.24) is 10.3 Å². The van der Waals surface area contributed by atoms with Crippen LogP contribution in [0.2, 0.25) is 5.02 Å². The predicted octanol–water partition coefficient (Wildman–Crippen LogP) is 4.22. The fraction of sp³-hybridized carbons (Fsp3) is 0.150. The second-order valence-electron chi connectivity index (χ2n) is 5.79. The summed E-state index contributed by atoms with van der Waals surface area (Å²) in [6.07, 6.45) is 0. The number of ether oxygens (including phenoxy) is 1. The van der Waals surface area contributed by atoms with Gasteiger partial charge < -0.3 is 15.4 Å². The van der Waals surface area contributed by atoms with Gasteiger partial charge >= 0.3 is 0 Å². The van der Waals surface area contributed by atoms with Crippen LogP contribution in [-0.2, 0) is 6.54 Å². The van der Waals surface area contributed by atoms with Gasteiger partial charge in [0.05, 0.1) is 12.6 Å². The van der Waals surface area contributed by atoms with E-state index in [-0.39, 0.29) is 5.91 Å². The molecule has 0 aliphatic carbocycles. The number of aliphatic imine (C=N–C) groups is 1. The fourth-order valence-corrected chi connectivity index (χ4v) is 3.33. The first kappa shape index (κ1) is 19.9. The number of hydrogen-bond acceptors (Lipinski definition) is 5. The summed E-state index contributed by atoms with van der Waals surface area (Å²) in [5, 5.41) is 8.48. The lowest BCUT2D eigenvalue weighted by molar-refractivity contribution is 0.102. The smallest absolute Gasteiger partial charge is 0.275 e. The molecule has 2 N–H and O–H groups in total. The van der Waals surface area contributed by atoms with Crippen molar-refractivity contribution in [3.05, 3.63) is 75.2 Å². The van der Waals surface area contributed by atoms with Crippen LogP contribution in [0.3, 0.4) is 0 Å². The van der Waals surface area contributed by atoms with E-state index in [2.05, 4.69) is 20.6 Å². The topological polar surface area (TPSA) is 75.6 Å². The van der Waals surface area contributed by atoms with Crippen LogP contribution in [0, 0.1) is 0 Å². The van der Waals surface area contributed by atoms with Gasteiger partial charge in [0.1, 0.15) is 17.3 Å². The van der Waals surface area contributed by atoms with Gasteiger partial charge in [-0.1, -0.05) is 11.6 Å². The molecule has 0 radical (unpaired) electrons. The second kappa shape index (κ2) is 9.34. The maximum atomic E-state index is 12.1.